The van der Waals surface area contributed by atoms with E-state index in [1.54, 1.807) is 18.0 Å². The zero-order valence-corrected chi connectivity index (χ0v) is 10.3. The lowest BCUT2D eigenvalue weighted by Gasteiger charge is -2.01. The van der Waals surface area contributed by atoms with E-state index in [1.807, 2.05) is 31.2 Å². The number of hydrogen-bond donors (Lipinski definition) is 2. The van der Waals surface area contributed by atoms with Gasteiger partial charge >= 0.3 is 0 Å². The third kappa shape index (κ3) is 3.10. The Hall–Kier alpha value is -1.75. The number of amidine groups is 1. The Labute approximate surface area is 104 Å². The van der Waals surface area contributed by atoms with Crippen molar-refractivity contribution in [3.63, 3.8) is 0 Å². The number of rotatable bonds is 4. The Balaban J connectivity index is 1.97. The third-order valence-corrected chi connectivity index (χ3v) is 3.14. The van der Waals surface area contributed by atoms with E-state index in [4.69, 9.17) is 15.6 Å². The maximum atomic E-state index is 7.29. The largest absolute Gasteiger partial charge is 0.440 e. The van der Waals surface area contributed by atoms with Crippen LogP contribution in [0, 0.1) is 12.3 Å². The molecular weight excluding hydrogens is 234 g/mol. The van der Waals surface area contributed by atoms with Crippen LogP contribution in [0.3, 0.4) is 0 Å². The molecule has 3 N–H and O–H groups in total. The monoisotopic (exact) mass is 247 g/mol. The van der Waals surface area contributed by atoms with Gasteiger partial charge in [0.25, 0.3) is 5.22 Å². The Kier molecular flexibility index (Phi) is 3.49. The van der Waals surface area contributed by atoms with Crippen LogP contribution in [0.15, 0.2) is 40.2 Å². The maximum absolute atomic E-state index is 7.29. The van der Waals surface area contributed by atoms with Gasteiger partial charge in [0.05, 0.1) is 5.69 Å². The summed E-state index contributed by atoms with van der Waals surface area (Å²) in [5, 5.41) is 7.97. The van der Waals surface area contributed by atoms with E-state index in [1.165, 1.54) is 0 Å². The number of nitrogens with zero attached hydrogens (tertiary/aromatic N) is 1. The number of benzene rings is 1. The van der Waals surface area contributed by atoms with Crippen LogP contribution in [0.5, 0.6) is 0 Å². The molecule has 1 aromatic heterocycles. The number of nitrogens with one attached hydrogen (secondary N) is 1. The first-order chi connectivity index (χ1) is 8.15. The van der Waals surface area contributed by atoms with Crippen molar-refractivity contribution in [2.24, 2.45) is 5.73 Å². The Bertz CT molecular complexity index is 519. The van der Waals surface area contributed by atoms with E-state index in [0.29, 0.717) is 5.22 Å². The zero-order chi connectivity index (χ0) is 12.3. The van der Waals surface area contributed by atoms with Gasteiger partial charge in [-0.3, -0.25) is 5.41 Å². The van der Waals surface area contributed by atoms with Crippen molar-refractivity contribution in [2.45, 2.75) is 17.9 Å². The number of hydrogen-bond acceptors (Lipinski definition) is 4. The first-order valence-corrected chi connectivity index (χ1v) is 6.12. The molecule has 88 valence electrons. The molecule has 2 rings (SSSR count). The smallest absolute Gasteiger partial charge is 0.256 e. The van der Waals surface area contributed by atoms with E-state index >= 15 is 0 Å². The van der Waals surface area contributed by atoms with Gasteiger partial charge in [0.1, 0.15) is 12.1 Å². The molecule has 0 aliphatic heterocycles. The normalized spacial score (nSPS) is 10.4. The molecule has 0 aliphatic carbocycles. The van der Waals surface area contributed by atoms with Crippen molar-refractivity contribution in [3.05, 3.63) is 47.3 Å². The molecule has 0 saturated heterocycles. The molecule has 1 aromatic carbocycles. The first kappa shape index (κ1) is 11.7. The molecule has 0 bridgehead atoms. The molecule has 0 radical (unpaired) electrons. The summed E-state index contributed by atoms with van der Waals surface area (Å²) in [4.78, 5) is 4.21. The van der Waals surface area contributed by atoms with Crippen LogP contribution in [0.1, 0.15) is 16.8 Å². The molecule has 0 atom stereocenters. The molecular formula is C12H13N3OS. The minimum absolute atomic E-state index is 0.0903. The topological polar surface area (TPSA) is 75.9 Å². The van der Waals surface area contributed by atoms with E-state index in [2.05, 4.69) is 4.98 Å². The van der Waals surface area contributed by atoms with E-state index < -0.39 is 0 Å². The highest BCUT2D eigenvalue weighted by Gasteiger charge is 2.02. The maximum Gasteiger partial charge on any atom is 0.256 e. The van der Waals surface area contributed by atoms with Crippen molar-refractivity contribution < 1.29 is 4.42 Å². The quantitative estimate of drug-likeness (QED) is 0.494. The summed E-state index contributed by atoms with van der Waals surface area (Å²) in [5.41, 5.74) is 8.16. The van der Waals surface area contributed by atoms with Gasteiger partial charge < -0.3 is 10.2 Å². The van der Waals surface area contributed by atoms with Crippen LogP contribution >= 0.6 is 11.8 Å². The fraction of sp³-hybridized carbons (Fsp3) is 0.167. The molecule has 0 spiro atoms. The molecule has 0 unspecified atom stereocenters. The van der Waals surface area contributed by atoms with Crippen LogP contribution < -0.4 is 5.73 Å². The second-order valence-electron chi connectivity index (χ2n) is 3.65. The van der Waals surface area contributed by atoms with Gasteiger partial charge in [0, 0.05) is 11.3 Å². The van der Waals surface area contributed by atoms with Gasteiger partial charge in [0.2, 0.25) is 0 Å². The summed E-state index contributed by atoms with van der Waals surface area (Å²) in [5.74, 6) is 0.880. The number of aromatic nitrogens is 1. The van der Waals surface area contributed by atoms with Gasteiger partial charge in [-0.2, -0.15) is 0 Å². The number of aryl methyl sites for hydroxylation is 1. The molecule has 4 nitrogen and oxygen atoms in total. The molecule has 2 aromatic rings. The Morgan fingerprint density at radius 3 is 2.65 bits per heavy atom. The fourth-order valence-corrected chi connectivity index (χ4v) is 2.13. The molecule has 0 saturated carbocycles. The molecule has 0 fully saturated rings. The van der Waals surface area contributed by atoms with E-state index in [0.717, 1.165) is 22.6 Å². The number of nitrogens with two attached hydrogens (primary N) is 1. The Morgan fingerprint density at radius 2 is 2.12 bits per heavy atom. The first-order valence-electron chi connectivity index (χ1n) is 5.13. The van der Waals surface area contributed by atoms with Gasteiger partial charge in [-0.05, 0) is 12.5 Å². The standard InChI is InChI=1S/C12H13N3OS/c1-8-6-16-12(15-8)17-7-9-2-4-10(5-3-9)11(13)14/h2-6H,7H2,1H3,(H3,13,14). The number of nitrogen functional groups attached to an aromatic ring is 1. The van der Waals surface area contributed by atoms with Gasteiger partial charge in [-0.1, -0.05) is 36.0 Å². The van der Waals surface area contributed by atoms with Crippen molar-refractivity contribution in [1.82, 2.24) is 4.98 Å². The minimum atomic E-state index is 0.0903. The third-order valence-electron chi connectivity index (χ3n) is 2.23. The summed E-state index contributed by atoms with van der Waals surface area (Å²) in [7, 11) is 0. The highest BCUT2D eigenvalue weighted by Crippen LogP contribution is 2.21. The van der Waals surface area contributed by atoms with Crippen LogP contribution in [-0.2, 0) is 5.75 Å². The Morgan fingerprint density at radius 1 is 1.41 bits per heavy atom. The molecule has 5 heteroatoms. The average molecular weight is 247 g/mol. The van der Waals surface area contributed by atoms with E-state index in [-0.39, 0.29) is 5.84 Å². The fourth-order valence-electron chi connectivity index (χ4n) is 1.32. The van der Waals surface area contributed by atoms with Crippen molar-refractivity contribution >= 4 is 17.6 Å². The molecule has 0 amide bonds. The van der Waals surface area contributed by atoms with E-state index in [9.17, 15) is 0 Å². The van der Waals surface area contributed by atoms with Crippen molar-refractivity contribution in [2.75, 3.05) is 0 Å². The lowest BCUT2D eigenvalue weighted by atomic mass is 10.1. The second kappa shape index (κ2) is 5.05. The van der Waals surface area contributed by atoms with Crippen molar-refractivity contribution in [3.8, 4) is 0 Å². The van der Waals surface area contributed by atoms with Gasteiger partial charge in [-0.25, -0.2) is 4.98 Å². The van der Waals surface area contributed by atoms with Gasteiger partial charge in [-0.15, -0.1) is 0 Å². The zero-order valence-electron chi connectivity index (χ0n) is 9.43. The van der Waals surface area contributed by atoms with Crippen LogP contribution in [0.4, 0.5) is 0 Å². The highest BCUT2D eigenvalue weighted by molar-refractivity contribution is 7.98. The summed E-state index contributed by atoms with van der Waals surface area (Å²) in [6, 6.07) is 7.61. The lowest BCUT2D eigenvalue weighted by molar-refractivity contribution is 0.454. The predicted octanol–water partition coefficient (Wildman–Crippen LogP) is 2.56. The van der Waals surface area contributed by atoms with Crippen LogP contribution in [0.2, 0.25) is 0 Å². The van der Waals surface area contributed by atoms with Crippen molar-refractivity contribution in [1.29, 1.82) is 5.41 Å². The number of oxazole rings is 1. The molecule has 0 aliphatic rings. The summed E-state index contributed by atoms with van der Waals surface area (Å²) in [6.45, 7) is 1.90. The second-order valence-corrected chi connectivity index (χ2v) is 4.58. The number of thioether (sulfide) groups is 1. The SMILES string of the molecule is Cc1coc(SCc2ccc(C(=N)N)cc2)n1. The molecule has 1 heterocycles. The van der Waals surface area contributed by atoms with Gasteiger partial charge in [0.15, 0.2) is 0 Å². The highest BCUT2D eigenvalue weighted by atomic mass is 32.2. The lowest BCUT2D eigenvalue weighted by Crippen LogP contribution is -2.10. The van der Waals surface area contributed by atoms with Crippen LogP contribution in [-0.4, -0.2) is 10.8 Å². The minimum Gasteiger partial charge on any atom is -0.440 e. The summed E-state index contributed by atoms with van der Waals surface area (Å²) < 4.78 is 5.25. The summed E-state index contributed by atoms with van der Waals surface area (Å²) in [6.07, 6.45) is 1.64. The average Bonchev–Trinajstić information content (AvgIpc) is 2.73. The van der Waals surface area contributed by atoms with Crippen LogP contribution in [0.25, 0.3) is 0 Å². The molecule has 17 heavy (non-hydrogen) atoms. The predicted molar refractivity (Wildman–Crippen MR) is 68.3 cm³/mol. The summed E-state index contributed by atoms with van der Waals surface area (Å²) >= 11 is 1.55.